The molecule has 0 bridgehead atoms. The van der Waals surface area contributed by atoms with Gasteiger partial charge in [-0.2, -0.15) is 0 Å². The van der Waals surface area contributed by atoms with Crippen LogP contribution in [-0.2, 0) is 4.79 Å². The topological polar surface area (TPSA) is 41.9 Å². The second kappa shape index (κ2) is 10.9. The van der Waals surface area contributed by atoms with E-state index in [1.54, 1.807) is 47.4 Å². The van der Waals surface area contributed by atoms with E-state index in [2.05, 4.69) is 6.58 Å². The van der Waals surface area contributed by atoms with Crippen molar-refractivity contribution in [2.24, 2.45) is 4.99 Å². The second-order valence-corrected chi connectivity index (χ2v) is 10.1. The second-order valence-electron chi connectivity index (χ2n) is 7.79. The van der Waals surface area contributed by atoms with Crippen LogP contribution in [0.25, 0.3) is 6.08 Å². The average Bonchev–Trinajstić information content (AvgIpc) is 3.12. The van der Waals surface area contributed by atoms with Gasteiger partial charge in [0.2, 0.25) is 0 Å². The van der Waals surface area contributed by atoms with Crippen LogP contribution in [0.3, 0.4) is 0 Å². The molecule has 0 spiro atoms. The van der Waals surface area contributed by atoms with E-state index in [-0.39, 0.29) is 5.91 Å². The van der Waals surface area contributed by atoms with Crippen molar-refractivity contribution in [1.82, 2.24) is 0 Å². The number of carbonyl (C=O) groups is 1. The molecule has 0 aromatic heterocycles. The summed E-state index contributed by atoms with van der Waals surface area (Å²) >= 11 is 20.2. The number of rotatable bonds is 6. The summed E-state index contributed by atoms with van der Waals surface area (Å²) in [6.45, 7) is 7.85. The van der Waals surface area contributed by atoms with E-state index in [4.69, 9.17) is 44.5 Å². The van der Waals surface area contributed by atoms with Crippen LogP contribution in [0.15, 0.2) is 77.1 Å². The Hall–Kier alpha value is -2.70. The number of anilines is 1. The molecule has 0 aliphatic carbocycles. The van der Waals surface area contributed by atoms with Gasteiger partial charge in [-0.3, -0.25) is 9.69 Å². The molecule has 0 radical (unpaired) electrons. The summed E-state index contributed by atoms with van der Waals surface area (Å²) in [7, 11) is 0. The Bertz CT molecular complexity index is 1380. The predicted molar refractivity (Wildman–Crippen MR) is 150 cm³/mol. The molecule has 1 amide bonds. The van der Waals surface area contributed by atoms with Crippen molar-refractivity contribution < 1.29 is 9.53 Å². The summed E-state index contributed by atoms with van der Waals surface area (Å²) in [6, 6.07) is 16.3. The molecule has 3 aromatic carbocycles. The molecule has 1 aliphatic heterocycles. The first-order valence-corrected chi connectivity index (χ1v) is 12.6. The molecule has 3 aromatic rings. The van der Waals surface area contributed by atoms with Crippen molar-refractivity contribution in [1.29, 1.82) is 0 Å². The van der Waals surface area contributed by atoms with Crippen molar-refractivity contribution in [2.45, 2.75) is 13.8 Å². The van der Waals surface area contributed by atoms with Gasteiger partial charge in [-0.25, -0.2) is 4.99 Å². The van der Waals surface area contributed by atoms with Gasteiger partial charge in [-0.1, -0.05) is 59.6 Å². The van der Waals surface area contributed by atoms with Gasteiger partial charge in [0.1, 0.15) is 12.4 Å². The highest BCUT2D eigenvalue weighted by atomic mass is 35.5. The summed E-state index contributed by atoms with van der Waals surface area (Å²) < 4.78 is 5.76. The number of hydrogen-bond acceptors (Lipinski definition) is 4. The first-order chi connectivity index (χ1) is 16.8. The lowest BCUT2D eigenvalue weighted by Gasteiger charge is -2.16. The minimum atomic E-state index is -0.235. The van der Waals surface area contributed by atoms with E-state index in [9.17, 15) is 4.79 Å². The maximum atomic E-state index is 13.6. The molecular weight excluding hydrogens is 523 g/mol. The molecule has 0 atom stereocenters. The zero-order valence-electron chi connectivity index (χ0n) is 19.0. The molecule has 0 saturated carbocycles. The number of thioether (sulfide) groups is 1. The monoisotopic (exact) mass is 542 g/mol. The van der Waals surface area contributed by atoms with E-state index < -0.39 is 0 Å². The molecule has 1 heterocycles. The third kappa shape index (κ3) is 5.76. The Morgan fingerprint density at radius 1 is 1.00 bits per heavy atom. The van der Waals surface area contributed by atoms with Crippen LogP contribution in [0, 0.1) is 13.8 Å². The summed E-state index contributed by atoms with van der Waals surface area (Å²) in [4.78, 5) is 20.4. The summed E-state index contributed by atoms with van der Waals surface area (Å²) in [5.74, 6) is 0.359. The highest BCUT2D eigenvalue weighted by molar-refractivity contribution is 8.19. The number of ether oxygens (including phenoxy) is 1. The molecule has 35 heavy (non-hydrogen) atoms. The number of halogens is 3. The Morgan fingerprint density at radius 2 is 1.71 bits per heavy atom. The number of amides is 1. The van der Waals surface area contributed by atoms with Gasteiger partial charge in [0.15, 0.2) is 5.17 Å². The van der Waals surface area contributed by atoms with Crippen molar-refractivity contribution in [3.63, 3.8) is 0 Å². The lowest BCUT2D eigenvalue weighted by molar-refractivity contribution is -0.113. The van der Waals surface area contributed by atoms with Gasteiger partial charge >= 0.3 is 0 Å². The van der Waals surface area contributed by atoms with Crippen LogP contribution in [0.4, 0.5) is 11.4 Å². The molecule has 0 unspecified atom stereocenters. The lowest BCUT2D eigenvalue weighted by atomic mass is 10.1. The number of aryl methyl sites for hydroxylation is 2. The van der Waals surface area contributed by atoms with Crippen LogP contribution < -0.4 is 9.64 Å². The fraction of sp³-hybridized carbons (Fsp3) is 0.111. The smallest absolute Gasteiger partial charge is 0.271 e. The molecule has 4 nitrogen and oxygen atoms in total. The normalized spacial score (nSPS) is 15.8. The molecular formula is C27H21Cl3N2O2S. The maximum Gasteiger partial charge on any atom is 0.271 e. The Balaban J connectivity index is 1.81. The summed E-state index contributed by atoms with van der Waals surface area (Å²) in [5.41, 5.74) is 3.79. The van der Waals surface area contributed by atoms with E-state index >= 15 is 0 Å². The molecule has 1 fully saturated rings. The van der Waals surface area contributed by atoms with Gasteiger partial charge in [0.05, 0.1) is 16.3 Å². The predicted octanol–water partition coefficient (Wildman–Crippen LogP) is 8.64. The number of aliphatic imine (C=N–C) groups is 1. The van der Waals surface area contributed by atoms with Gasteiger partial charge in [-0.15, -0.1) is 0 Å². The van der Waals surface area contributed by atoms with Gasteiger partial charge in [0, 0.05) is 20.6 Å². The standard InChI is InChI=1S/C27H21Cl3N2O2S/c1-4-11-34-24-10-7-19(28)12-18(24)13-25-26(33)32(21-9-6-17(3)23(30)15-21)27(35-25)31-20-8-5-16(2)22(29)14-20/h4-10,12-15H,1,11H2,2-3H3/b25-13+,31-27?. The van der Waals surface area contributed by atoms with E-state index in [0.717, 1.165) is 11.1 Å². The number of benzene rings is 3. The zero-order chi connectivity index (χ0) is 25.1. The number of hydrogen-bond donors (Lipinski definition) is 0. The maximum absolute atomic E-state index is 13.6. The fourth-order valence-electron chi connectivity index (χ4n) is 3.31. The quantitative estimate of drug-likeness (QED) is 0.231. The van der Waals surface area contributed by atoms with Crippen LogP contribution in [-0.4, -0.2) is 17.7 Å². The lowest BCUT2D eigenvalue weighted by Crippen LogP contribution is -2.28. The number of carbonyl (C=O) groups excluding carboxylic acids is 1. The van der Waals surface area contributed by atoms with Gasteiger partial charge < -0.3 is 4.74 Å². The molecule has 0 N–H and O–H groups in total. The zero-order valence-corrected chi connectivity index (χ0v) is 22.1. The first-order valence-electron chi connectivity index (χ1n) is 10.6. The van der Waals surface area contributed by atoms with E-state index in [0.29, 0.717) is 54.4 Å². The van der Waals surface area contributed by atoms with Crippen molar-refractivity contribution >= 4 is 75.1 Å². The molecule has 1 aliphatic rings. The largest absolute Gasteiger partial charge is 0.489 e. The summed E-state index contributed by atoms with van der Waals surface area (Å²) in [6.07, 6.45) is 3.41. The van der Waals surface area contributed by atoms with Crippen LogP contribution >= 0.6 is 46.6 Å². The molecule has 8 heteroatoms. The minimum Gasteiger partial charge on any atom is -0.489 e. The van der Waals surface area contributed by atoms with Gasteiger partial charge in [-0.05, 0) is 85.3 Å². The molecule has 4 rings (SSSR count). The van der Waals surface area contributed by atoms with Crippen LogP contribution in [0.2, 0.25) is 15.1 Å². The van der Waals surface area contributed by atoms with E-state index in [1.165, 1.54) is 11.8 Å². The minimum absolute atomic E-state index is 0.235. The number of nitrogens with zero attached hydrogens (tertiary/aromatic N) is 2. The first kappa shape index (κ1) is 25.4. The van der Waals surface area contributed by atoms with Crippen LogP contribution in [0.1, 0.15) is 16.7 Å². The Labute approximate surface area is 223 Å². The van der Waals surface area contributed by atoms with Crippen molar-refractivity contribution in [3.8, 4) is 5.75 Å². The van der Waals surface area contributed by atoms with Crippen molar-refractivity contribution in [2.75, 3.05) is 11.5 Å². The highest BCUT2D eigenvalue weighted by Gasteiger charge is 2.35. The third-order valence-electron chi connectivity index (χ3n) is 5.22. The highest BCUT2D eigenvalue weighted by Crippen LogP contribution is 2.40. The van der Waals surface area contributed by atoms with Crippen LogP contribution in [0.5, 0.6) is 5.75 Å². The molecule has 178 valence electrons. The van der Waals surface area contributed by atoms with Gasteiger partial charge in [0.25, 0.3) is 5.91 Å². The average molecular weight is 544 g/mol. The number of amidine groups is 1. The summed E-state index contributed by atoms with van der Waals surface area (Å²) in [5, 5.41) is 2.18. The Morgan fingerprint density at radius 3 is 2.40 bits per heavy atom. The fourth-order valence-corrected chi connectivity index (χ4v) is 4.83. The van der Waals surface area contributed by atoms with E-state index in [1.807, 2.05) is 38.1 Å². The Kier molecular flexibility index (Phi) is 7.92. The SMILES string of the molecule is C=CCOc1ccc(Cl)cc1/C=C1/SC(=Nc2ccc(C)c(Cl)c2)N(c2ccc(C)c(Cl)c2)C1=O. The molecule has 1 saturated heterocycles. The third-order valence-corrected chi connectivity index (χ3v) is 7.23. The van der Waals surface area contributed by atoms with Crippen molar-refractivity contribution in [3.05, 3.63) is 104 Å².